The van der Waals surface area contributed by atoms with Gasteiger partial charge in [0.2, 0.25) is 0 Å². The number of halogens is 1. The number of thioether (sulfide) groups is 1. The van der Waals surface area contributed by atoms with Gasteiger partial charge in [-0.3, -0.25) is 14.5 Å². The second-order valence-electron chi connectivity index (χ2n) is 7.29. The molecule has 6 nitrogen and oxygen atoms in total. The van der Waals surface area contributed by atoms with Crippen molar-refractivity contribution in [2.75, 3.05) is 20.3 Å². The summed E-state index contributed by atoms with van der Waals surface area (Å²) in [5.41, 5.74) is 1.64. The van der Waals surface area contributed by atoms with Crippen LogP contribution in [0.1, 0.15) is 11.1 Å². The molecular formula is C26H22ClNO5S. The average molecular weight is 496 g/mol. The van der Waals surface area contributed by atoms with Gasteiger partial charge in [-0.2, -0.15) is 0 Å². The van der Waals surface area contributed by atoms with E-state index in [-0.39, 0.29) is 24.3 Å². The molecule has 0 spiro atoms. The van der Waals surface area contributed by atoms with Crippen LogP contribution in [0.25, 0.3) is 6.08 Å². The number of rotatable bonds is 9. The highest BCUT2D eigenvalue weighted by Crippen LogP contribution is 2.33. The van der Waals surface area contributed by atoms with Gasteiger partial charge in [0.1, 0.15) is 19.0 Å². The fraction of sp³-hybridized carbons (Fsp3) is 0.154. The van der Waals surface area contributed by atoms with Crippen LogP contribution in [0, 0.1) is 0 Å². The molecule has 0 atom stereocenters. The highest BCUT2D eigenvalue weighted by Gasteiger charge is 2.34. The fourth-order valence-corrected chi connectivity index (χ4v) is 4.36. The van der Waals surface area contributed by atoms with Crippen LogP contribution in [-0.4, -0.2) is 36.3 Å². The zero-order valence-electron chi connectivity index (χ0n) is 18.4. The van der Waals surface area contributed by atoms with Crippen molar-refractivity contribution in [2.24, 2.45) is 0 Å². The van der Waals surface area contributed by atoms with Gasteiger partial charge >= 0.3 is 0 Å². The molecule has 3 aromatic carbocycles. The van der Waals surface area contributed by atoms with E-state index in [9.17, 15) is 9.59 Å². The summed E-state index contributed by atoms with van der Waals surface area (Å²) in [4.78, 5) is 26.8. The number of methoxy groups -OCH3 is 1. The number of hydrogen-bond acceptors (Lipinski definition) is 6. The Labute approximate surface area is 207 Å². The molecule has 0 aromatic heterocycles. The normalized spacial score (nSPS) is 14.5. The molecule has 174 valence electrons. The third-order valence-corrected chi connectivity index (χ3v) is 6.30. The molecule has 4 rings (SSSR count). The van der Waals surface area contributed by atoms with E-state index in [2.05, 4.69) is 0 Å². The maximum atomic E-state index is 12.8. The van der Waals surface area contributed by atoms with Crippen molar-refractivity contribution in [3.63, 3.8) is 0 Å². The van der Waals surface area contributed by atoms with E-state index >= 15 is 0 Å². The molecule has 1 aliphatic heterocycles. The first-order valence-electron chi connectivity index (χ1n) is 10.5. The van der Waals surface area contributed by atoms with Gasteiger partial charge in [0.25, 0.3) is 11.1 Å². The Kier molecular flexibility index (Phi) is 7.77. The predicted molar refractivity (Wildman–Crippen MR) is 133 cm³/mol. The maximum Gasteiger partial charge on any atom is 0.293 e. The Morgan fingerprint density at radius 1 is 0.941 bits per heavy atom. The minimum Gasteiger partial charge on any atom is -0.493 e. The van der Waals surface area contributed by atoms with Crippen molar-refractivity contribution in [2.45, 2.75) is 6.61 Å². The first kappa shape index (κ1) is 23.7. The summed E-state index contributed by atoms with van der Waals surface area (Å²) in [7, 11) is 1.56. The van der Waals surface area contributed by atoms with Gasteiger partial charge in [-0.1, -0.05) is 54.1 Å². The molecule has 0 aliphatic carbocycles. The van der Waals surface area contributed by atoms with Gasteiger partial charge in [-0.05, 0) is 53.7 Å². The highest BCUT2D eigenvalue weighted by atomic mass is 35.5. The molecule has 0 bridgehead atoms. The van der Waals surface area contributed by atoms with Gasteiger partial charge in [0, 0.05) is 10.6 Å². The number of carbonyl (C=O) groups excluding carboxylic acids is 2. The van der Waals surface area contributed by atoms with Gasteiger partial charge in [-0.25, -0.2) is 0 Å². The maximum absolute atomic E-state index is 12.8. The number of benzene rings is 3. The number of amides is 2. The predicted octanol–water partition coefficient (Wildman–Crippen LogP) is 6.04. The molecule has 8 heteroatoms. The highest BCUT2D eigenvalue weighted by molar-refractivity contribution is 8.18. The Bertz CT molecular complexity index is 1230. The third kappa shape index (κ3) is 5.73. The molecule has 0 radical (unpaired) electrons. The molecule has 1 saturated heterocycles. The molecular weight excluding hydrogens is 474 g/mol. The summed E-state index contributed by atoms with van der Waals surface area (Å²) >= 11 is 7.09. The molecule has 2 amide bonds. The van der Waals surface area contributed by atoms with E-state index < -0.39 is 0 Å². The number of carbonyl (C=O) groups is 2. The van der Waals surface area contributed by atoms with E-state index in [1.165, 1.54) is 4.90 Å². The number of imide groups is 1. The lowest BCUT2D eigenvalue weighted by Crippen LogP contribution is -2.32. The van der Waals surface area contributed by atoms with Crippen molar-refractivity contribution in [1.29, 1.82) is 0 Å². The first-order chi connectivity index (χ1) is 16.5. The summed E-state index contributed by atoms with van der Waals surface area (Å²) < 4.78 is 16.8. The van der Waals surface area contributed by atoms with Crippen molar-refractivity contribution < 1.29 is 23.8 Å². The Morgan fingerprint density at radius 2 is 1.71 bits per heavy atom. The largest absolute Gasteiger partial charge is 0.493 e. The summed E-state index contributed by atoms with van der Waals surface area (Å²) in [6, 6.07) is 22.0. The minimum atomic E-state index is -0.346. The van der Waals surface area contributed by atoms with E-state index in [1.807, 2.05) is 60.7 Å². The van der Waals surface area contributed by atoms with Crippen LogP contribution < -0.4 is 14.2 Å². The van der Waals surface area contributed by atoms with E-state index in [4.69, 9.17) is 25.8 Å². The van der Waals surface area contributed by atoms with Crippen LogP contribution in [0.2, 0.25) is 5.02 Å². The van der Waals surface area contributed by atoms with Gasteiger partial charge < -0.3 is 14.2 Å². The zero-order valence-corrected chi connectivity index (χ0v) is 20.0. The molecule has 0 saturated carbocycles. The molecule has 0 unspecified atom stereocenters. The quantitative estimate of drug-likeness (QED) is 0.337. The smallest absolute Gasteiger partial charge is 0.293 e. The van der Waals surface area contributed by atoms with Crippen LogP contribution in [0.5, 0.6) is 17.2 Å². The average Bonchev–Trinajstić information content (AvgIpc) is 3.11. The third-order valence-electron chi connectivity index (χ3n) is 5.02. The van der Waals surface area contributed by atoms with Crippen LogP contribution in [0.4, 0.5) is 4.79 Å². The standard InChI is InChI=1S/C26H22ClNO5S/c1-31-22-11-4-5-12-23(22)32-14-13-28-25(29)24(34-26(28)30)16-18-7-6-9-20(15-18)33-17-19-8-2-3-10-21(19)27/h2-12,15-16H,13-14,17H2,1H3/b24-16-. The lowest BCUT2D eigenvalue weighted by Gasteiger charge is -2.14. The Morgan fingerprint density at radius 3 is 2.50 bits per heavy atom. The number of nitrogens with zero attached hydrogens (tertiary/aromatic N) is 1. The van der Waals surface area contributed by atoms with E-state index in [0.717, 1.165) is 22.9 Å². The summed E-state index contributed by atoms with van der Waals surface area (Å²) in [6.07, 6.45) is 1.69. The minimum absolute atomic E-state index is 0.140. The lowest BCUT2D eigenvalue weighted by molar-refractivity contribution is -0.123. The van der Waals surface area contributed by atoms with Gasteiger partial charge in [0.05, 0.1) is 18.6 Å². The summed E-state index contributed by atoms with van der Waals surface area (Å²) in [5, 5.41) is 0.313. The second-order valence-corrected chi connectivity index (χ2v) is 8.69. The molecule has 1 aliphatic rings. The van der Waals surface area contributed by atoms with Crippen LogP contribution in [0.15, 0.2) is 77.7 Å². The topological polar surface area (TPSA) is 65.1 Å². The van der Waals surface area contributed by atoms with Crippen LogP contribution in [0.3, 0.4) is 0 Å². The molecule has 1 heterocycles. The van der Waals surface area contributed by atoms with Crippen molar-refractivity contribution >= 4 is 40.6 Å². The molecule has 34 heavy (non-hydrogen) atoms. The van der Waals surface area contributed by atoms with E-state index in [1.54, 1.807) is 25.3 Å². The van der Waals surface area contributed by atoms with Gasteiger partial charge in [-0.15, -0.1) is 0 Å². The van der Waals surface area contributed by atoms with Crippen LogP contribution >= 0.6 is 23.4 Å². The van der Waals surface area contributed by atoms with Crippen molar-refractivity contribution in [3.05, 3.63) is 93.9 Å². The van der Waals surface area contributed by atoms with Gasteiger partial charge in [0.15, 0.2) is 11.5 Å². The Hall–Kier alpha value is -3.42. The molecule has 0 N–H and O–H groups in total. The number of ether oxygens (including phenoxy) is 3. The molecule has 3 aromatic rings. The monoisotopic (exact) mass is 495 g/mol. The first-order valence-corrected chi connectivity index (χ1v) is 11.7. The second kappa shape index (κ2) is 11.1. The lowest BCUT2D eigenvalue weighted by atomic mass is 10.2. The van der Waals surface area contributed by atoms with Crippen molar-refractivity contribution in [3.8, 4) is 17.2 Å². The molecule has 1 fully saturated rings. The summed E-state index contributed by atoms with van der Waals surface area (Å²) in [5.74, 6) is 1.44. The number of para-hydroxylation sites is 2. The number of hydrogen-bond donors (Lipinski definition) is 0. The SMILES string of the molecule is COc1ccccc1OCCN1C(=O)S/C(=C\c2cccc(OCc3ccccc3Cl)c2)C1=O. The van der Waals surface area contributed by atoms with Crippen molar-refractivity contribution in [1.82, 2.24) is 4.90 Å². The zero-order chi connectivity index (χ0) is 23.9. The van der Waals surface area contributed by atoms with Crippen LogP contribution in [-0.2, 0) is 11.4 Å². The Balaban J connectivity index is 1.38. The summed E-state index contributed by atoms with van der Waals surface area (Å²) in [6.45, 7) is 0.629. The van der Waals surface area contributed by atoms with E-state index in [0.29, 0.717) is 33.8 Å². The fourth-order valence-electron chi connectivity index (χ4n) is 3.30.